The predicted octanol–water partition coefficient (Wildman–Crippen LogP) is -1.24. The number of amides is 2. The molecule has 0 aliphatic carbocycles. The zero-order valence-corrected chi connectivity index (χ0v) is 10.0. The molecule has 2 amide bonds. The summed E-state index contributed by atoms with van der Waals surface area (Å²) in [7, 11) is 0. The number of primary amides is 1. The zero-order valence-electron chi connectivity index (χ0n) is 10.0. The van der Waals surface area contributed by atoms with Crippen molar-refractivity contribution in [2.24, 2.45) is 11.5 Å². The van der Waals surface area contributed by atoms with Gasteiger partial charge in [0.1, 0.15) is 6.04 Å². The maximum Gasteiger partial charge on any atom is 0.240 e. The highest BCUT2D eigenvalue weighted by atomic mass is 16.2. The Kier molecular flexibility index (Phi) is 3.61. The molecule has 7 nitrogen and oxygen atoms in total. The summed E-state index contributed by atoms with van der Waals surface area (Å²) >= 11 is 0. The lowest BCUT2D eigenvalue weighted by Crippen LogP contribution is -2.50. The van der Waals surface area contributed by atoms with E-state index >= 15 is 0 Å². The van der Waals surface area contributed by atoms with Gasteiger partial charge in [-0.2, -0.15) is 0 Å². The van der Waals surface area contributed by atoms with Crippen LogP contribution in [0.2, 0.25) is 0 Å². The average Bonchev–Trinajstić information content (AvgIpc) is 2.97. The van der Waals surface area contributed by atoms with Crippen molar-refractivity contribution in [3.8, 4) is 0 Å². The monoisotopic (exact) mass is 251 g/mol. The number of carbonyl (C=O) groups is 2. The van der Waals surface area contributed by atoms with E-state index < -0.39 is 18.0 Å². The van der Waals surface area contributed by atoms with E-state index in [9.17, 15) is 9.59 Å². The van der Waals surface area contributed by atoms with E-state index in [-0.39, 0.29) is 5.91 Å². The number of nitrogens with zero attached hydrogens (tertiary/aromatic N) is 2. The number of likely N-dealkylation sites (tertiary alicyclic amines) is 1. The molecule has 0 spiro atoms. The molecule has 2 heterocycles. The SMILES string of the molecule is NC(=O)[C@@H]1CCCN1C(=O)[C@@H](N)Cc1c[nH]cn1. The summed E-state index contributed by atoms with van der Waals surface area (Å²) in [6.07, 6.45) is 4.99. The van der Waals surface area contributed by atoms with Crippen LogP contribution < -0.4 is 11.5 Å². The Balaban J connectivity index is 1.99. The first-order valence-electron chi connectivity index (χ1n) is 5.92. The number of rotatable bonds is 4. The molecule has 7 heteroatoms. The largest absolute Gasteiger partial charge is 0.368 e. The molecule has 1 aliphatic rings. The first-order chi connectivity index (χ1) is 8.59. The molecule has 1 aromatic heterocycles. The number of hydrogen-bond donors (Lipinski definition) is 3. The molecule has 1 fully saturated rings. The maximum atomic E-state index is 12.1. The number of nitrogens with one attached hydrogen (secondary N) is 1. The Morgan fingerprint density at radius 2 is 2.39 bits per heavy atom. The molecule has 1 aromatic rings. The van der Waals surface area contributed by atoms with E-state index in [0.29, 0.717) is 19.4 Å². The first kappa shape index (κ1) is 12.6. The summed E-state index contributed by atoms with van der Waals surface area (Å²) in [4.78, 5) is 31.7. The quantitative estimate of drug-likeness (QED) is 0.620. The van der Waals surface area contributed by atoms with Crippen LogP contribution in [0, 0.1) is 0 Å². The van der Waals surface area contributed by atoms with Crippen LogP contribution in [0.25, 0.3) is 0 Å². The molecule has 0 bridgehead atoms. The highest BCUT2D eigenvalue weighted by Crippen LogP contribution is 2.18. The lowest BCUT2D eigenvalue weighted by atomic mass is 10.1. The van der Waals surface area contributed by atoms with Crippen LogP contribution in [0.15, 0.2) is 12.5 Å². The van der Waals surface area contributed by atoms with Gasteiger partial charge < -0.3 is 21.4 Å². The van der Waals surface area contributed by atoms with Crippen molar-refractivity contribution < 1.29 is 9.59 Å². The molecule has 98 valence electrons. The smallest absolute Gasteiger partial charge is 0.240 e. The summed E-state index contributed by atoms with van der Waals surface area (Å²) < 4.78 is 0. The van der Waals surface area contributed by atoms with Crippen LogP contribution in [-0.2, 0) is 16.0 Å². The van der Waals surface area contributed by atoms with Crippen molar-refractivity contribution >= 4 is 11.8 Å². The molecule has 2 rings (SSSR count). The number of nitrogens with two attached hydrogens (primary N) is 2. The molecule has 0 aromatic carbocycles. The fourth-order valence-corrected chi connectivity index (χ4v) is 2.25. The van der Waals surface area contributed by atoms with Crippen LogP contribution >= 0.6 is 0 Å². The van der Waals surface area contributed by atoms with Gasteiger partial charge in [-0.25, -0.2) is 4.98 Å². The van der Waals surface area contributed by atoms with Crippen molar-refractivity contribution in [3.63, 3.8) is 0 Å². The fourth-order valence-electron chi connectivity index (χ4n) is 2.25. The van der Waals surface area contributed by atoms with Crippen molar-refractivity contribution in [2.45, 2.75) is 31.3 Å². The Bertz CT molecular complexity index is 431. The van der Waals surface area contributed by atoms with Gasteiger partial charge in [0.25, 0.3) is 0 Å². The predicted molar refractivity (Wildman–Crippen MR) is 64.2 cm³/mol. The number of carbonyl (C=O) groups excluding carboxylic acids is 2. The number of hydrogen-bond acceptors (Lipinski definition) is 4. The van der Waals surface area contributed by atoms with Crippen molar-refractivity contribution in [2.75, 3.05) is 6.54 Å². The molecular formula is C11H17N5O2. The summed E-state index contributed by atoms with van der Waals surface area (Å²) in [6, 6.07) is -1.20. The van der Waals surface area contributed by atoms with Gasteiger partial charge in [-0.15, -0.1) is 0 Å². The molecule has 0 saturated carbocycles. The minimum atomic E-state index is -0.687. The molecule has 1 saturated heterocycles. The third-order valence-corrected chi connectivity index (χ3v) is 3.17. The number of aromatic amines is 1. The number of aromatic nitrogens is 2. The van der Waals surface area contributed by atoms with E-state index in [1.165, 1.54) is 11.2 Å². The summed E-state index contributed by atoms with van der Waals surface area (Å²) in [6.45, 7) is 0.542. The van der Waals surface area contributed by atoms with E-state index in [1.54, 1.807) is 6.20 Å². The summed E-state index contributed by atoms with van der Waals surface area (Å²) in [5.41, 5.74) is 11.9. The van der Waals surface area contributed by atoms with Gasteiger partial charge in [0, 0.05) is 19.2 Å². The van der Waals surface area contributed by atoms with Crippen molar-refractivity contribution in [3.05, 3.63) is 18.2 Å². The van der Waals surface area contributed by atoms with Crippen LogP contribution in [0.4, 0.5) is 0 Å². The van der Waals surface area contributed by atoms with Gasteiger partial charge in [0.2, 0.25) is 11.8 Å². The third kappa shape index (κ3) is 2.51. The normalized spacial score (nSPS) is 20.9. The van der Waals surface area contributed by atoms with Gasteiger partial charge in [0.15, 0.2) is 0 Å². The Hall–Kier alpha value is -1.89. The second-order valence-electron chi connectivity index (χ2n) is 4.46. The molecular weight excluding hydrogens is 234 g/mol. The van der Waals surface area contributed by atoms with Crippen molar-refractivity contribution in [1.29, 1.82) is 0 Å². The molecule has 2 atom stereocenters. The standard InChI is InChI=1S/C11H17N5O2/c12-8(4-7-5-14-6-15-7)11(18)16-3-1-2-9(16)10(13)17/h5-6,8-9H,1-4,12H2,(H2,13,17)(H,14,15)/t8-,9-/m0/s1. The zero-order chi connectivity index (χ0) is 13.1. The highest BCUT2D eigenvalue weighted by Gasteiger charge is 2.34. The van der Waals surface area contributed by atoms with Crippen LogP contribution in [0.3, 0.4) is 0 Å². The number of imidazole rings is 1. The molecule has 0 unspecified atom stereocenters. The van der Waals surface area contributed by atoms with Gasteiger partial charge in [-0.1, -0.05) is 0 Å². The minimum absolute atomic E-state index is 0.237. The Labute approximate surface area is 105 Å². The summed E-state index contributed by atoms with van der Waals surface area (Å²) in [5.74, 6) is -0.702. The lowest BCUT2D eigenvalue weighted by Gasteiger charge is -2.25. The first-order valence-corrected chi connectivity index (χ1v) is 5.92. The van der Waals surface area contributed by atoms with Gasteiger partial charge >= 0.3 is 0 Å². The maximum absolute atomic E-state index is 12.1. The van der Waals surface area contributed by atoms with Crippen LogP contribution in [0.5, 0.6) is 0 Å². The molecule has 1 aliphatic heterocycles. The van der Waals surface area contributed by atoms with Crippen LogP contribution in [-0.4, -0.2) is 45.3 Å². The highest BCUT2D eigenvalue weighted by molar-refractivity contribution is 5.89. The van der Waals surface area contributed by atoms with E-state index in [4.69, 9.17) is 11.5 Å². The van der Waals surface area contributed by atoms with E-state index in [0.717, 1.165) is 12.1 Å². The molecule has 5 N–H and O–H groups in total. The van der Waals surface area contributed by atoms with Crippen molar-refractivity contribution in [1.82, 2.24) is 14.9 Å². The Morgan fingerprint density at radius 3 is 3.00 bits per heavy atom. The van der Waals surface area contributed by atoms with Gasteiger partial charge in [0.05, 0.1) is 18.1 Å². The van der Waals surface area contributed by atoms with E-state index in [1.807, 2.05) is 0 Å². The Morgan fingerprint density at radius 1 is 1.61 bits per heavy atom. The third-order valence-electron chi connectivity index (χ3n) is 3.17. The topological polar surface area (TPSA) is 118 Å². The van der Waals surface area contributed by atoms with E-state index in [2.05, 4.69) is 9.97 Å². The van der Waals surface area contributed by atoms with Gasteiger partial charge in [-0.3, -0.25) is 9.59 Å². The second kappa shape index (κ2) is 5.18. The summed E-state index contributed by atoms with van der Waals surface area (Å²) in [5, 5.41) is 0. The lowest BCUT2D eigenvalue weighted by molar-refractivity contribution is -0.138. The molecule has 0 radical (unpaired) electrons. The second-order valence-corrected chi connectivity index (χ2v) is 4.46. The minimum Gasteiger partial charge on any atom is -0.368 e. The number of H-pyrrole nitrogens is 1. The fraction of sp³-hybridized carbons (Fsp3) is 0.545. The van der Waals surface area contributed by atoms with Crippen LogP contribution in [0.1, 0.15) is 18.5 Å². The van der Waals surface area contributed by atoms with Gasteiger partial charge in [-0.05, 0) is 12.8 Å². The average molecular weight is 251 g/mol. The molecule has 18 heavy (non-hydrogen) atoms.